The molecule has 16 heavy (non-hydrogen) atoms. The minimum atomic E-state index is 0.284. The predicted molar refractivity (Wildman–Crippen MR) is 69.3 cm³/mol. The first-order chi connectivity index (χ1) is 7.59. The summed E-state index contributed by atoms with van der Waals surface area (Å²) < 4.78 is 5.81. The Morgan fingerprint density at radius 3 is 2.44 bits per heavy atom. The van der Waals surface area contributed by atoms with Crippen LogP contribution in [0.2, 0.25) is 0 Å². The van der Waals surface area contributed by atoms with Crippen LogP contribution in [0.5, 0.6) is 0 Å². The number of hydrogen-bond donors (Lipinski definition) is 0. The quantitative estimate of drug-likeness (QED) is 0.650. The van der Waals surface area contributed by atoms with Gasteiger partial charge < -0.3 is 4.74 Å². The van der Waals surface area contributed by atoms with Gasteiger partial charge in [-0.3, -0.25) is 0 Å². The van der Waals surface area contributed by atoms with Gasteiger partial charge in [-0.1, -0.05) is 49.4 Å². The highest BCUT2D eigenvalue weighted by atomic mass is 16.5. The van der Waals surface area contributed by atoms with Gasteiger partial charge in [-0.15, -0.1) is 0 Å². The first-order valence-corrected chi connectivity index (χ1v) is 5.90. The van der Waals surface area contributed by atoms with Crippen molar-refractivity contribution in [1.82, 2.24) is 0 Å². The molecule has 0 heterocycles. The lowest BCUT2D eigenvalue weighted by molar-refractivity contribution is 0.0410. The normalized spacial score (nSPS) is 14.4. The second-order valence-corrected chi connectivity index (χ2v) is 4.59. The predicted octanol–water partition coefficient (Wildman–Crippen LogP) is 4.19. The molecule has 0 aliphatic carbocycles. The van der Waals surface area contributed by atoms with Crippen LogP contribution in [0, 0.1) is 5.92 Å². The van der Waals surface area contributed by atoms with E-state index in [4.69, 9.17) is 4.74 Å². The average molecular weight is 218 g/mol. The molecule has 0 spiro atoms. The van der Waals surface area contributed by atoms with Crippen LogP contribution in [-0.2, 0) is 11.3 Å². The molecule has 0 fully saturated rings. The summed E-state index contributed by atoms with van der Waals surface area (Å²) in [6.07, 6.45) is 1.33. The van der Waals surface area contributed by atoms with Crippen LogP contribution < -0.4 is 0 Å². The zero-order chi connectivity index (χ0) is 12.0. The Kier molecular flexibility index (Phi) is 5.27. The SMILES string of the molecule is C=C(C)[C@@H](C)C[C@H](C)OCc1ccccc1. The first kappa shape index (κ1) is 13.0. The summed E-state index contributed by atoms with van der Waals surface area (Å²) in [6, 6.07) is 10.3. The smallest absolute Gasteiger partial charge is 0.0720 e. The van der Waals surface area contributed by atoms with Crippen LogP contribution in [0.4, 0.5) is 0 Å². The van der Waals surface area contributed by atoms with Crippen molar-refractivity contribution < 1.29 is 4.74 Å². The van der Waals surface area contributed by atoms with E-state index in [9.17, 15) is 0 Å². The fourth-order valence-electron chi connectivity index (χ4n) is 1.58. The van der Waals surface area contributed by atoms with Gasteiger partial charge in [0.05, 0.1) is 12.7 Å². The Hall–Kier alpha value is -1.08. The van der Waals surface area contributed by atoms with Gasteiger partial charge in [0, 0.05) is 0 Å². The Morgan fingerprint density at radius 1 is 1.25 bits per heavy atom. The van der Waals surface area contributed by atoms with Crippen LogP contribution in [0.1, 0.15) is 32.8 Å². The molecule has 1 aromatic rings. The van der Waals surface area contributed by atoms with Crippen LogP contribution >= 0.6 is 0 Å². The monoisotopic (exact) mass is 218 g/mol. The molecule has 88 valence electrons. The molecule has 1 rings (SSSR count). The number of benzene rings is 1. The molecule has 1 heteroatoms. The minimum absolute atomic E-state index is 0.284. The lowest BCUT2D eigenvalue weighted by atomic mass is 9.98. The molecular weight excluding hydrogens is 196 g/mol. The Labute approximate surface area is 99.1 Å². The maximum Gasteiger partial charge on any atom is 0.0720 e. The molecule has 0 saturated carbocycles. The maximum absolute atomic E-state index is 5.81. The van der Waals surface area contributed by atoms with Crippen LogP contribution in [0.3, 0.4) is 0 Å². The zero-order valence-corrected chi connectivity index (χ0v) is 10.6. The minimum Gasteiger partial charge on any atom is -0.374 e. The van der Waals surface area contributed by atoms with Crippen molar-refractivity contribution in [2.75, 3.05) is 0 Å². The lowest BCUT2D eigenvalue weighted by Gasteiger charge is -2.18. The van der Waals surface area contributed by atoms with Crippen molar-refractivity contribution in [3.8, 4) is 0 Å². The average Bonchev–Trinajstić information content (AvgIpc) is 2.27. The summed E-state index contributed by atoms with van der Waals surface area (Å²) in [4.78, 5) is 0. The van der Waals surface area contributed by atoms with Crippen LogP contribution in [-0.4, -0.2) is 6.10 Å². The largest absolute Gasteiger partial charge is 0.374 e. The molecule has 1 nitrogen and oxygen atoms in total. The van der Waals surface area contributed by atoms with Gasteiger partial charge in [-0.2, -0.15) is 0 Å². The molecular formula is C15H22O. The molecule has 0 aliphatic rings. The highest BCUT2D eigenvalue weighted by Crippen LogP contribution is 2.16. The maximum atomic E-state index is 5.81. The first-order valence-electron chi connectivity index (χ1n) is 5.90. The third-order valence-electron chi connectivity index (χ3n) is 2.90. The molecule has 1 aromatic carbocycles. The Morgan fingerprint density at radius 2 is 1.88 bits per heavy atom. The molecule has 0 aliphatic heterocycles. The fraction of sp³-hybridized carbons (Fsp3) is 0.467. The van der Waals surface area contributed by atoms with E-state index in [1.165, 1.54) is 11.1 Å². The Bertz CT molecular complexity index is 315. The summed E-state index contributed by atoms with van der Waals surface area (Å²) in [5.41, 5.74) is 2.47. The van der Waals surface area contributed by atoms with Crippen molar-refractivity contribution in [3.63, 3.8) is 0 Å². The molecule has 0 radical (unpaired) electrons. The number of hydrogen-bond acceptors (Lipinski definition) is 1. The third kappa shape index (κ3) is 4.63. The standard InChI is InChI=1S/C15H22O/c1-12(2)13(3)10-14(4)16-11-15-8-6-5-7-9-15/h5-9,13-14H,1,10-11H2,2-4H3/t13-,14-/m0/s1. The van der Waals surface area contributed by atoms with E-state index in [1.807, 2.05) is 18.2 Å². The molecule has 2 atom stereocenters. The van der Waals surface area contributed by atoms with Crippen LogP contribution in [0.15, 0.2) is 42.5 Å². The molecule has 0 saturated heterocycles. The Balaban J connectivity index is 2.30. The lowest BCUT2D eigenvalue weighted by Crippen LogP contribution is -2.13. The van der Waals surface area contributed by atoms with E-state index in [0.29, 0.717) is 12.5 Å². The highest BCUT2D eigenvalue weighted by molar-refractivity contribution is 5.13. The van der Waals surface area contributed by atoms with Gasteiger partial charge in [0.25, 0.3) is 0 Å². The van der Waals surface area contributed by atoms with Gasteiger partial charge in [0.2, 0.25) is 0 Å². The van der Waals surface area contributed by atoms with Crippen LogP contribution in [0.25, 0.3) is 0 Å². The fourth-order valence-corrected chi connectivity index (χ4v) is 1.58. The summed E-state index contributed by atoms with van der Waals surface area (Å²) in [7, 11) is 0. The van der Waals surface area contributed by atoms with Gasteiger partial charge in [0.1, 0.15) is 0 Å². The summed E-state index contributed by atoms with van der Waals surface area (Å²) in [5, 5.41) is 0. The van der Waals surface area contributed by atoms with Gasteiger partial charge in [0.15, 0.2) is 0 Å². The van der Waals surface area contributed by atoms with Crippen molar-refractivity contribution in [1.29, 1.82) is 0 Å². The van der Waals surface area contributed by atoms with E-state index in [-0.39, 0.29) is 6.10 Å². The van der Waals surface area contributed by atoms with E-state index in [0.717, 1.165) is 6.42 Å². The molecule has 0 bridgehead atoms. The van der Waals surface area contributed by atoms with E-state index in [2.05, 4.69) is 39.5 Å². The van der Waals surface area contributed by atoms with Gasteiger partial charge >= 0.3 is 0 Å². The van der Waals surface area contributed by atoms with Crippen molar-refractivity contribution in [3.05, 3.63) is 48.0 Å². The van der Waals surface area contributed by atoms with Crippen molar-refractivity contribution >= 4 is 0 Å². The molecule has 0 aromatic heterocycles. The number of rotatable bonds is 6. The van der Waals surface area contributed by atoms with Gasteiger partial charge in [-0.25, -0.2) is 0 Å². The third-order valence-corrected chi connectivity index (χ3v) is 2.90. The summed E-state index contributed by atoms with van der Waals surface area (Å²) in [6.45, 7) is 11.1. The number of allylic oxidation sites excluding steroid dienone is 1. The zero-order valence-electron chi connectivity index (χ0n) is 10.6. The second-order valence-electron chi connectivity index (χ2n) is 4.59. The highest BCUT2D eigenvalue weighted by Gasteiger charge is 2.09. The van der Waals surface area contributed by atoms with E-state index < -0.39 is 0 Å². The summed E-state index contributed by atoms with van der Waals surface area (Å²) >= 11 is 0. The topological polar surface area (TPSA) is 9.23 Å². The summed E-state index contributed by atoms with van der Waals surface area (Å²) in [5.74, 6) is 0.533. The second kappa shape index (κ2) is 6.49. The van der Waals surface area contributed by atoms with Crippen molar-refractivity contribution in [2.45, 2.75) is 39.9 Å². The van der Waals surface area contributed by atoms with Crippen molar-refractivity contribution in [2.24, 2.45) is 5.92 Å². The number of ether oxygens (including phenoxy) is 1. The van der Waals surface area contributed by atoms with E-state index >= 15 is 0 Å². The molecule has 0 N–H and O–H groups in total. The van der Waals surface area contributed by atoms with E-state index in [1.54, 1.807) is 0 Å². The molecule has 0 amide bonds. The van der Waals surface area contributed by atoms with Gasteiger partial charge in [-0.05, 0) is 31.7 Å². The molecule has 0 unspecified atom stereocenters.